The second-order valence-electron chi connectivity index (χ2n) is 5.89. The molecule has 0 saturated heterocycles. The van der Waals surface area contributed by atoms with Crippen molar-refractivity contribution in [1.82, 2.24) is 4.90 Å². The molecule has 0 unspecified atom stereocenters. The van der Waals surface area contributed by atoms with Crippen LogP contribution in [0.4, 0.5) is 5.69 Å². The number of benzene rings is 2. The van der Waals surface area contributed by atoms with Crippen molar-refractivity contribution in [3.63, 3.8) is 0 Å². The molecule has 1 N–H and O–H groups in total. The minimum absolute atomic E-state index is 0.147. The Morgan fingerprint density at radius 2 is 1.88 bits per heavy atom. The smallest absolute Gasteiger partial charge is 0.238 e. The number of carbonyl (C=O) groups excluding carboxylic acids is 1. The van der Waals surface area contributed by atoms with E-state index in [1.807, 2.05) is 12.1 Å². The van der Waals surface area contributed by atoms with E-state index in [1.54, 1.807) is 13.2 Å². The summed E-state index contributed by atoms with van der Waals surface area (Å²) in [5.74, 6) is 0.680. The molecule has 7 heteroatoms. The first-order valence-corrected chi connectivity index (χ1v) is 8.92. The average molecular weight is 400 g/mol. The fraction of sp³-hybridized carbons (Fsp3) is 0.278. The molecule has 132 valence electrons. The number of hydrogen-bond donors (Lipinski definition) is 1. The van der Waals surface area contributed by atoms with Crippen LogP contribution in [-0.2, 0) is 17.8 Å². The van der Waals surface area contributed by atoms with E-state index < -0.39 is 0 Å². The molecular weight excluding hydrogens is 383 g/mol. The minimum atomic E-state index is -0.147. The zero-order valence-corrected chi connectivity index (χ0v) is 15.9. The lowest BCUT2D eigenvalue weighted by atomic mass is 9.99. The third kappa shape index (κ3) is 4.39. The summed E-state index contributed by atoms with van der Waals surface area (Å²) in [5.41, 5.74) is 2.94. The van der Waals surface area contributed by atoms with Crippen molar-refractivity contribution in [2.75, 3.05) is 25.5 Å². The number of ether oxygens (including phenoxy) is 1. The Labute approximate surface area is 161 Å². The lowest BCUT2D eigenvalue weighted by molar-refractivity contribution is -0.117. The van der Waals surface area contributed by atoms with Crippen LogP contribution in [0.2, 0.25) is 15.1 Å². The quantitative estimate of drug-likeness (QED) is 0.761. The molecule has 1 amide bonds. The Hall–Kier alpha value is -1.46. The van der Waals surface area contributed by atoms with E-state index in [9.17, 15) is 4.79 Å². The average Bonchev–Trinajstić information content (AvgIpc) is 2.59. The summed E-state index contributed by atoms with van der Waals surface area (Å²) in [7, 11) is 1.65. The highest BCUT2D eigenvalue weighted by Crippen LogP contribution is 2.32. The summed E-state index contributed by atoms with van der Waals surface area (Å²) in [5, 5.41) is 3.85. The van der Waals surface area contributed by atoms with E-state index in [4.69, 9.17) is 39.5 Å². The molecule has 2 aromatic rings. The molecule has 25 heavy (non-hydrogen) atoms. The first-order chi connectivity index (χ1) is 12.0. The number of carbonyl (C=O) groups is 1. The van der Waals surface area contributed by atoms with Crippen LogP contribution in [0.5, 0.6) is 5.75 Å². The summed E-state index contributed by atoms with van der Waals surface area (Å²) in [6.45, 7) is 1.80. The number of rotatable bonds is 4. The number of nitrogens with zero attached hydrogens (tertiary/aromatic N) is 1. The normalized spacial score (nSPS) is 14.1. The highest BCUT2D eigenvalue weighted by Gasteiger charge is 2.19. The Kier molecular flexibility index (Phi) is 5.74. The van der Waals surface area contributed by atoms with Gasteiger partial charge in [-0.05, 0) is 41.8 Å². The van der Waals surface area contributed by atoms with Crippen molar-refractivity contribution in [3.8, 4) is 5.75 Å². The van der Waals surface area contributed by atoms with E-state index in [0.717, 1.165) is 18.7 Å². The SMILES string of the molecule is COc1ccc2c(c1)CN(CC(=O)Nc1cc(Cl)c(Cl)cc1Cl)CC2. The van der Waals surface area contributed by atoms with Crippen molar-refractivity contribution < 1.29 is 9.53 Å². The lowest BCUT2D eigenvalue weighted by Gasteiger charge is -2.28. The minimum Gasteiger partial charge on any atom is -0.497 e. The molecule has 3 rings (SSSR count). The van der Waals surface area contributed by atoms with Crippen molar-refractivity contribution >= 4 is 46.4 Å². The molecule has 0 aromatic heterocycles. The topological polar surface area (TPSA) is 41.6 Å². The van der Waals surface area contributed by atoms with Gasteiger partial charge in [-0.25, -0.2) is 0 Å². The maximum atomic E-state index is 12.4. The van der Waals surface area contributed by atoms with E-state index in [-0.39, 0.29) is 12.5 Å². The fourth-order valence-electron chi connectivity index (χ4n) is 2.87. The van der Waals surface area contributed by atoms with Gasteiger partial charge in [0.15, 0.2) is 0 Å². The first kappa shape index (κ1) is 18.3. The van der Waals surface area contributed by atoms with Gasteiger partial charge in [0.25, 0.3) is 0 Å². The van der Waals surface area contributed by atoms with Crippen LogP contribution in [0, 0.1) is 0 Å². The van der Waals surface area contributed by atoms with Gasteiger partial charge in [-0.1, -0.05) is 40.9 Å². The summed E-state index contributed by atoms with van der Waals surface area (Å²) in [6.07, 6.45) is 0.903. The molecule has 0 fully saturated rings. The molecule has 0 spiro atoms. The van der Waals surface area contributed by atoms with Crippen LogP contribution in [0.15, 0.2) is 30.3 Å². The Morgan fingerprint density at radius 3 is 2.64 bits per heavy atom. The fourth-order valence-corrected chi connectivity index (χ4v) is 3.46. The van der Waals surface area contributed by atoms with Crippen molar-refractivity contribution in [2.45, 2.75) is 13.0 Å². The molecule has 1 aliphatic rings. The van der Waals surface area contributed by atoms with Gasteiger partial charge in [-0.2, -0.15) is 0 Å². The molecule has 0 bridgehead atoms. The predicted molar refractivity (Wildman–Crippen MR) is 102 cm³/mol. The van der Waals surface area contributed by atoms with Crippen LogP contribution in [0.1, 0.15) is 11.1 Å². The third-order valence-electron chi connectivity index (χ3n) is 4.16. The van der Waals surface area contributed by atoms with Crippen LogP contribution < -0.4 is 10.1 Å². The van der Waals surface area contributed by atoms with Gasteiger partial charge in [0.1, 0.15) is 5.75 Å². The molecule has 0 radical (unpaired) electrons. The van der Waals surface area contributed by atoms with E-state index in [0.29, 0.717) is 27.3 Å². The summed E-state index contributed by atoms with van der Waals surface area (Å²) >= 11 is 18.0. The second kappa shape index (κ2) is 7.83. The number of amides is 1. The van der Waals surface area contributed by atoms with Gasteiger partial charge >= 0.3 is 0 Å². The van der Waals surface area contributed by atoms with Crippen molar-refractivity contribution in [2.24, 2.45) is 0 Å². The molecule has 0 aliphatic carbocycles. The monoisotopic (exact) mass is 398 g/mol. The zero-order valence-electron chi connectivity index (χ0n) is 13.6. The Morgan fingerprint density at radius 1 is 1.12 bits per heavy atom. The zero-order chi connectivity index (χ0) is 18.0. The molecule has 0 saturated carbocycles. The third-order valence-corrected chi connectivity index (χ3v) is 5.19. The second-order valence-corrected chi connectivity index (χ2v) is 7.11. The standard InChI is InChI=1S/C18H17Cl3N2O2/c1-25-13-3-2-11-4-5-23(9-12(11)6-13)10-18(24)22-17-8-15(20)14(19)7-16(17)21/h2-3,6-8H,4-5,9-10H2,1H3,(H,22,24). The summed E-state index contributed by atoms with van der Waals surface area (Å²) in [6, 6.07) is 9.15. The molecule has 2 aromatic carbocycles. The van der Waals surface area contributed by atoms with E-state index in [2.05, 4.69) is 16.3 Å². The number of hydrogen-bond acceptors (Lipinski definition) is 3. The van der Waals surface area contributed by atoms with Gasteiger partial charge in [0.05, 0.1) is 34.4 Å². The van der Waals surface area contributed by atoms with Crippen molar-refractivity contribution in [3.05, 3.63) is 56.5 Å². The van der Waals surface area contributed by atoms with Gasteiger partial charge in [0, 0.05) is 13.1 Å². The maximum Gasteiger partial charge on any atom is 0.238 e. The summed E-state index contributed by atoms with van der Waals surface area (Å²) < 4.78 is 5.27. The molecule has 0 atom stereocenters. The molecule has 4 nitrogen and oxygen atoms in total. The van der Waals surface area contributed by atoms with Crippen LogP contribution in [0.3, 0.4) is 0 Å². The van der Waals surface area contributed by atoms with Gasteiger partial charge in [-0.15, -0.1) is 0 Å². The highest BCUT2D eigenvalue weighted by molar-refractivity contribution is 6.44. The van der Waals surface area contributed by atoms with Gasteiger partial charge < -0.3 is 10.1 Å². The van der Waals surface area contributed by atoms with Crippen LogP contribution in [0.25, 0.3) is 0 Å². The highest BCUT2D eigenvalue weighted by atomic mass is 35.5. The first-order valence-electron chi connectivity index (χ1n) is 7.79. The van der Waals surface area contributed by atoms with Crippen molar-refractivity contribution in [1.29, 1.82) is 0 Å². The van der Waals surface area contributed by atoms with E-state index in [1.165, 1.54) is 17.2 Å². The summed E-state index contributed by atoms with van der Waals surface area (Å²) in [4.78, 5) is 14.4. The van der Waals surface area contributed by atoms with Gasteiger partial charge in [0.2, 0.25) is 5.91 Å². The van der Waals surface area contributed by atoms with Crippen LogP contribution >= 0.6 is 34.8 Å². The Balaban J connectivity index is 1.65. The van der Waals surface area contributed by atoms with Gasteiger partial charge in [-0.3, -0.25) is 9.69 Å². The largest absolute Gasteiger partial charge is 0.497 e. The Bertz CT molecular complexity index is 811. The van der Waals surface area contributed by atoms with Crippen LogP contribution in [-0.4, -0.2) is 31.0 Å². The van der Waals surface area contributed by atoms with E-state index >= 15 is 0 Å². The predicted octanol–water partition coefficient (Wildman–Crippen LogP) is 4.65. The number of anilines is 1. The lowest BCUT2D eigenvalue weighted by Crippen LogP contribution is -2.37. The number of nitrogens with one attached hydrogen (secondary N) is 1. The molecular formula is C18H17Cl3N2O2. The number of halogens is 3. The molecule has 1 heterocycles. The maximum absolute atomic E-state index is 12.4. The number of methoxy groups -OCH3 is 1. The number of fused-ring (bicyclic) bond motifs is 1. The molecule has 1 aliphatic heterocycles.